The van der Waals surface area contributed by atoms with Gasteiger partial charge in [-0.2, -0.15) is 0 Å². The topological polar surface area (TPSA) is 71.8 Å². The highest BCUT2D eigenvalue weighted by Gasteiger charge is 2.12. The van der Waals surface area contributed by atoms with Crippen molar-refractivity contribution >= 4 is 11.6 Å². The quantitative estimate of drug-likeness (QED) is 0.823. The molecule has 0 radical (unpaired) electrons. The summed E-state index contributed by atoms with van der Waals surface area (Å²) in [6.45, 7) is 2.52. The molecule has 6 heteroatoms. The van der Waals surface area contributed by atoms with Crippen LogP contribution in [0.25, 0.3) is 0 Å². The second kappa shape index (κ2) is 6.81. The molecule has 2 N–H and O–H groups in total. The van der Waals surface area contributed by atoms with Gasteiger partial charge in [0.1, 0.15) is 12.2 Å². The highest BCUT2D eigenvalue weighted by atomic mass is 16.2. The van der Waals surface area contributed by atoms with E-state index in [2.05, 4.69) is 20.8 Å². The summed E-state index contributed by atoms with van der Waals surface area (Å²) >= 11 is 0. The van der Waals surface area contributed by atoms with Crippen LogP contribution in [0.2, 0.25) is 0 Å². The van der Waals surface area contributed by atoms with Gasteiger partial charge in [-0.25, -0.2) is 0 Å². The van der Waals surface area contributed by atoms with Crippen LogP contribution in [0.1, 0.15) is 12.7 Å². The van der Waals surface area contributed by atoms with Gasteiger partial charge in [0.05, 0.1) is 6.04 Å². The van der Waals surface area contributed by atoms with Crippen LogP contribution in [-0.4, -0.2) is 33.3 Å². The third-order valence-electron chi connectivity index (χ3n) is 3.04. The van der Waals surface area contributed by atoms with E-state index in [9.17, 15) is 4.79 Å². The van der Waals surface area contributed by atoms with Crippen molar-refractivity contribution in [3.63, 3.8) is 0 Å². The number of nitrogens with one attached hydrogen (secondary N) is 2. The first-order chi connectivity index (χ1) is 9.66. The Bertz CT molecular complexity index is 552. The summed E-state index contributed by atoms with van der Waals surface area (Å²) in [5.41, 5.74) is 0.805. The summed E-state index contributed by atoms with van der Waals surface area (Å²) in [5, 5.41) is 13.9. The first-order valence-corrected chi connectivity index (χ1v) is 6.59. The normalized spacial score (nSPS) is 12.1. The first kappa shape index (κ1) is 14.2. The minimum atomic E-state index is -0.261. The van der Waals surface area contributed by atoms with E-state index in [4.69, 9.17) is 0 Å². The van der Waals surface area contributed by atoms with E-state index in [0.29, 0.717) is 6.54 Å². The van der Waals surface area contributed by atoms with Crippen molar-refractivity contribution in [3.05, 3.63) is 42.5 Å². The molecule has 1 aromatic heterocycles. The molecule has 0 spiro atoms. The lowest BCUT2D eigenvalue weighted by atomic mass is 10.2. The number of benzene rings is 1. The molecule has 106 valence electrons. The maximum absolute atomic E-state index is 12.0. The Kier molecular flexibility index (Phi) is 4.84. The van der Waals surface area contributed by atoms with Crippen LogP contribution in [0.4, 0.5) is 5.69 Å². The summed E-state index contributed by atoms with van der Waals surface area (Å²) < 4.78 is 1.87. The van der Waals surface area contributed by atoms with Crippen molar-refractivity contribution in [1.29, 1.82) is 0 Å². The number of nitrogens with zero attached hydrogens (tertiary/aromatic N) is 3. The number of carbonyl (C=O) groups excluding carboxylic acids is 1. The Labute approximate surface area is 118 Å². The molecule has 2 aromatic rings. The van der Waals surface area contributed by atoms with Gasteiger partial charge >= 0.3 is 0 Å². The minimum Gasteiger partial charge on any atom is -0.325 e. The molecule has 1 amide bonds. The Morgan fingerprint density at radius 2 is 2.10 bits per heavy atom. The Balaban J connectivity index is 1.75. The number of rotatable bonds is 6. The molecule has 0 aliphatic carbocycles. The monoisotopic (exact) mass is 273 g/mol. The summed E-state index contributed by atoms with van der Waals surface area (Å²) in [4.78, 5) is 12.0. The molecule has 6 nitrogen and oxygen atoms in total. The Morgan fingerprint density at radius 1 is 1.35 bits per heavy atom. The SMILES string of the molecule is CC(NCCc1nncn1C)C(=O)Nc1ccccc1. The maximum Gasteiger partial charge on any atom is 0.241 e. The van der Waals surface area contributed by atoms with Gasteiger partial charge in [-0.1, -0.05) is 18.2 Å². The predicted octanol–water partition coefficient (Wildman–Crippen LogP) is 0.974. The van der Waals surface area contributed by atoms with Gasteiger partial charge in [0.25, 0.3) is 0 Å². The molecule has 0 fully saturated rings. The van der Waals surface area contributed by atoms with Crippen molar-refractivity contribution in [1.82, 2.24) is 20.1 Å². The second-order valence-electron chi connectivity index (χ2n) is 4.64. The van der Waals surface area contributed by atoms with Crippen LogP contribution < -0.4 is 10.6 Å². The third kappa shape index (κ3) is 3.89. The van der Waals surface area contributed by atoms with E-state index < -0.39 is 0 Å². The number of amides is 1. The summed E-state index contributed by atoms with van der Waals surface area (Å²) in [7, 11) is 1.90. The average Bonchev–Trinajstić information content (AvgIpc) is 2.85. The number of aryl methyl sites for hydroxylation is 1. The van der Waals surface area contributed by atoms with Crippen molar-refractivity contribution in [2.75, 3.05) is 11.9 Å². The molecular weight excluding hydrogens is 254 g/mol. The van der Waals surface area contributed by atoms with Crippen molar-refractivity contribution < 1.29 is 4.79 Å². The Morgan fingerprint density at radius 3 is 2.75 bits per heavy atom. The molecule has 0 bridgehead atoms. The zero-order valence-corrected chi connectivity index (χ0v) is 11.7. The number of aromatic nitrogens is 3. The van der Waals surface area contributed by atoms with Crippen molar-refractivity contribution in [2.24, 2.45) is 7.05 Å². The maximum atomic E-state index is 12.0. The van der Waals surface area contributed by atoms with E-state index in [1.807, 2.05) is 48.9 Å². The van der Waals surface area contributed by atoms with Crippen LogP contribution in [0.5, 0.6) is 0 Å². The zero-order valence-electron chi connectivity index (χ0n) is 11.7. The molecule has 0 saturated heterocycles. The Hall–Kier alpha value is -2.21. The lowest BCUT2D eigenvalue weighted by Crippen LogP contribution is -2.39. The molecule has 0 saturated carbocycles. The fourth-order valence-corrected chi connectivity index (χ4v) is 1.80. The molecule has 20 heavy (non-hydrogen) atoms. The highest BCUT2D eigenvalue weighted by molar-refractivity contribution is 5.94. The van der Waals surface area contributed by atoms with E-state index in [0.717, 1.165) is 17.9 Å². The lowest BCUT2D eigenvalue weighted by molar-refractivity contribution is -0.117. The second-order valence-corrected chi connectivity index (χ2v) is 4.64. The molecule has 1 aromatic carbocycles. The molecule has 1 heterocycles. The van der Waals surface area contributed by atoms with Crippen LogP contribution in [0.3, 0.4) is 0 Å². The predicted molar refractivity (Wildman–Crippen MR) is 77.2 cm³/mol. The van der Waals surface area contributed by atoms with Gasteiger partial charge in [-0.15, -0.1) is 10.2 Å². The number of anilines is 1. The van der Waals surface area contributed by atoms with E-state index in [1.165, 1.54) is 0 Å². The third-order valence-corrected chi connectivity index (χ3v) is 3.04. The minimum absolute atomic E-state index is 0.0471. The van der Waals surface area contributed by atoms with Gasteiger partial charge in [-0.05, 0) is 19.1 Å². The fourth-order valence-electron chi connectivity index (χ4n) is 1.80. The van der Waals surface area contributed by atoms with Crippen LogP contribution in [-0.2, 0) is 18.3 Å². The van der Waals surface area contributed by atoms with Gasteiger partial charge < -0.3 is 15.2 Å². The average molecular weight is 273 g/mol. The fraction of sp³-hybridized carbons (Fsp3) is 0.357. The van der Waals surface area contributed by atoms with Crippen molar-refractivity contribution in [3.8, 4) is 0 Å². The van der Waals surface area contributed by atoms with E-state index >= 15 is 0 Å². The smallest absolute Gasteiger partial charge is 0.241 e. The highest BCUT2D eigenvalue weighted by Crippen LogP contribution is 2.05. The van der Waals surface area contributed by atoms with Crippen LogP contribution >= 0.6 is 0 Å². The van der Waals surface area contributed by atoms with E-state index in [1.54, 1.807) is 6.33 Å². The number of hydrogen-bond donors (Lipinski definition) is 2. The first-order valence-electron chi connectivity index (χ1n) is 6.59. The van der Waals surface area contributed by atoms with E-state index in [-0.39, 0.29) is 11.9 Å². The molecule has 1 atom stereocenters. The van der Waals surface area contributed by atoms with Crippen LogP contribution in [0.15, 0.2) is 36.7 Å². The summed E-state index contributed by atoms with van der Waals surface area (Å²) in [5.74, 6) is 0.849. The lowest BCUT2D eigenvalue weighted by Gasteiger charge is -2.13. The molecular formula is C14H19N5O. The van der Waals surface area contributed by atoms with Crippen molar-refractivity contribution in [2.45, 2.75) is 19.4 Å². The zero-order chi connectivity index (χ0) is 14.4. The van der Waals surface area contributed by atoms with Gasteiger partial charge in [-0.3, -0.25) is 4.79 Å². The van der Waals surface area contributed by atoms with Crippen LogP contribution in [0, 0.1) is 0 Å². The van der Waals surface area contributed by atoms with Gasteiger partial charge in [0, 0.05) is 25.7 Å². The molecule has 1 unspecified atom stereocenters. The number of carbonyl (C=O) groups is 1. The summed E-state index contributed by atoms with van der Waals surface area (Å²) in [6, 6.07) is 9.17. The molecule has 2 rings (SSSR count). The molecule has 0 aliphatic heterocycles. The van der Waals surface area contributed by atoms with Gasteiger partial charge in [0.2, 0.25) is 5.91 Å². The largest absolute Gasteiger partial charge is 0.325 e. The molecule has 0 aliphatic rings. The number of hydrogen-bond acceptors (Lipinski definition) is 4. The number of para-hydroxylation sites is 1. The standard InChI is InChI=1S/C14H19N5O/c1-11(14(20)17-12-6-4-3-5-7-12)15-9-8-13-18-16-10-19(13)2/h3-7,10-11,15H,8-9H2,1-2H3,(H,17,20). The summed E-state index contributed by atoms with van der Waals surface area (Å²) in [6.07, 6.45) is 2.40. The van der Waals surface area contributed by atoms with Gasteiger partial charge in [0.15, 0.2) is 0 Å².